The van der Waals surface area contributed by atoms with Crippen molar-refractivity contribution in [1.82, 2.24) is 20.5 Å². The highest BCUT2D eigenvalue weighted by molar-refractivity contribution is 7.93. The number of nitriles is 1. The van der Waals surface area contributed by atoms with Crippen LogP contribution < -0.4 is 24.4 Å². The van der Waals surface area contributed by atoms with Crippen molar-refractivity contribution in [3.8, 4) is 17.7 Å². The van der Waals surface area contributed by atoms with Crippen molar-refractivity contribution >= 4 is 27.6 Å². The van der Waals surface area contributed by atoms with E-state index in [-0.39, 0.29) is 58.1 Å². The molecule has 0 spiro atoms. The van der Waals surface area contributed by atoms with E-state index in [1.807, 2.05) is 0 Å². The zero-order valence-corrected chi connectivity index (χ0v) is 30.5. The summed E-state index contributed by atoms with van der Waals surface area (Å²) in [5.41, 5.74) is -2.64. The molecule has 12 nitrogen and oxygen atoms in total. The van der Waals surface area contributed by atoms with Crippen LogP contribution in [0, 0.1) is 23.2 Å². The van der Waals surface area contributed by atoms with Gasteiger partial charge in [0.25, 0.3) is 15.9 Å². The number of piperidine rings is 2. The summed E-state index contributed by atoms with van der Waals surface area (Å²) in [7, 11) is -4.62. The first-order valence-corrected chi connectivity index (χ1v) is 19.2. The van der Waals surface area contributed by atoms with Crippen LogP contribution in [0.4, 0.5) is 10.5 Å². The number of para-hydroxylation sites is 1. The number of anilines is 1. The van der Waals surface area contributed by atoms with Gasteiger partial charge >= 0.3 is 6.03 Å². The second-order valence-corrected chi connectivity index (χ2v) is 15.6. The summed E-state index contributed by atoms with van der Waals surface area (Å²) in [4.78, 5) is 35.8. The number of fused-ring (bicyclic) bond motifs is 1. The number of carbonyl (C=O) groups is 2. The maximum Gasteiger partial charge on any atom is 0.317 e. The van der Waals surface area contributed by atoms with E-state index in [0.717, 1.165) is 43.1 Å². The lowest BCUT2D eigenvalue weighted by atomic mass is 9.63. The quantitative estimate of drug-likeness (QED) is 0.296. The number of likely N-dealkylation sites (tertiary alicyclic amines) is 1. The van der Waals surface area contributed by atoms with Crippen molar-refractivity contribution < 1.29 is 27.5 Å². The smallest absolute Gasteiger partial charge is 0.317 e. The molecule has 2 N–H and O–H groups in total. The number of sulfonamides is 1. The van der Waals surface area contributed by atoms with Gasteiger partial charge in [-0.25, -0.2) is 22.5 Å². The Balaban J connectivity index is 1.48. The van der Waals surface area contributed by atoms with Crippen LogP contribution >= 0.6 is 0 Å². The number of aromatic nitrogens is 1. The van der Waals surface area contributed by atoms with Crippen LogP contribution in [-0.4, -0.2) is 75.2 Å². The molecule has 0 aliphatic carbocycles. The van der Waals surface area contributed by atoms with E-state index in [2.05, 4.69) is 21.7 Å². The molecule has 0 saturated carbocycles. The van der Waals surface area contributed by atoms with Crippen LogP contribution in [-0.2, 0) is 20.2 Å². The summed E-state index contributed by atoms with van der Waals surface area (Å²) in [6.07, 6.45) is 5.58. The molecule has 3 aliphatic heterocycles. The Labute approximate surface area is 300 Å². The van der Waals surface area contributed by atoms with Gasteiger partial charge in [-0.3, -0.25) is 4.79 Å². The molecular formula is C38H46N6O6S. The standard InChI is InChI=1S/C38H46N6O6S/c1-5-49-32-11-7-8-12-33(32)51(47,48)44-31-14-13-26(25-39)24-30(31)38(35(44)45,29-10-9-19-41-34(29)50-6-2)37(3,4)42-36(46)43-22-17-28(18-23-43)27-15-20-40-21-16-27/h7-14,19,24,27-28,40H,5-6,15-18,20-23H2,1-4H3,(H,42,46)/t38-/m1/s1. The minimum absolute atomic E-state index is 0.0571. The molecule has 4 heterocycles. The Morgan fingerprint density at radius 3 is 2.37 bits per heavy atom. The van der Waals surface area contributed by atoms with E-state index in [0.29, 0.717) is 24.9 Å². The average molecular weight is 715 g/mol. The number of ether oxygens (including phenoxy) is 2. The molecule has 2 aromatic carbocycles. The number of hydrogen-bond acceptors (Lipinski definition) is 9. The second-order valence-electron chi connectivity index (χ2n) is 13.8. The number of nitrogens with zero attached hydrogens (tertiary/aromatic N) is 4. The van der Waals surface area contributed by atoms with E-state index < -0.39 is 26.9 Å². The number of hydrogen-bond donors (Lipinski definition) is 2. The molecule has 1 aromatic heterocycles. The number of pyridine rings is 1. The molecular weight excluding hydrogens is 669 g/mol. The molecule has 3 aliphatic rings. The van der Waals surface area contributed by atoms with Gasteiger partial charge in [0.15, 0.2) is 0 Å². The Kier molecular flexibility index (Phi) is 10.3. The van der Waals surface area contributed by atoms with Crippen molar-refractivity contribution in [1.29, 1.82) is 5.26 Å². The predicted molar refractivity (Wildman–Crippen MR) is 192 cm³/mol. The van der Waals surface area contributed by atoms with Gasteiger partial charge in [-0.05, 0) is 115 Å². The van der Waals surface area contributed by atoms with Crippen LogP contribution in [0.25, 0.3) is 0 Å². The second kappa shape index (κ2) is 14.5. The fourth-order valence-electron chi connectivity index (χ4n) is 8.19. The highest BCUT2D eigenvalue weighted by atomic mass is 32.2. The van der Waals surface area contributed by atoms with Crippen molar-refractivity contribution in [2.75, 3.05) is 43.7 Å². The normalized spacial score (nSPS) is 20.1. The van der Waals surface area contributed by atoms with Gasteiger partial charge in [-0.15, -0.1) is 0 Å². The van der Waals surface area contributed by atoms with Crippen molar-refractivity contribution in [3.05, 3.63) is 77.5 Å². The minimum atomic E-state index is -4.62. The highest BCUT2D eigenvalue weighted by Crippen LogP contribution is 2.56. The van der Waals surface area contributed by atoms with Gasteiger partial charge < -0.3 is 25.0 Å². The number of amides is 3. The predicted octanol–water partition coefficient (Wildman–Crippen LogP) is 4.97. The zero-order valence-electron chi connectivity index (χ0n) is 29.6. The molecule has 0 bridgehead atoms. The molecule has 270 valence electrons. The van der Waals surface area contributed by atoms with E-state index in [1.165, 1.54) is 36.5 Å². The molecule has 0 unspecified atom stereocenters. The molecule has 3 aromatic rings. The maximum absolute atomic E-state index is 15.5. The van der Waals surface area contributed by atoms with Crippen LogP contribution in [0.15, 0.2) is 65.7 Å². The number of benzene rings is 2. The molecule has 13 heteroatoms. The van der Waals surface area contributed by atoms with Gasteiger partial charge in [0.2, 0.25) is 5.88 Å². The molecule has 51 heavy (non-hydrogen) atoms. The molecule has 0 radical (unpaired) electrons. The topological polar surface area (TPSA) is 154 Å². The highest BCUT2D eigenvalue weighted by Gasteiger charge is 2.65. The van der Waals surface area contributed by atoms with Gasteiger partial charge in [0, 0.05) is 30.4 Å². The molecule has 2 saturated heterocycles. The van der Waals surface area contributed by atoms with Crippen molar-refractivity contribution in [3.63, 3.8) is 0 Å². The largest absolute Gasteiger partial charge is 0.492 e. The third-order valence-electron chi connectivity index (χ3n) is 10.6. The first-order valence-electron chi connectivity index (χ1n) is 17.7. The average Bonchev–Trinajstić information content (AvgIpc) is 3.41. The third kappa shape index (κ3) is 6.29. The summed E-state index contributed by atoms with van der Waals surface area (Å²) < 4.78 is 42.0. The Hall–Kier alpha value is -4.67. The van der Waals surface area contributed by atoms with Gasteiger partial charge in [0.1, 0.15) is 16.1 Å². The molecule has 2 fully saturated rings. The van der Waals surface area contributed by atoms with Crippen LogP contribution in [0.3, 0.4) is 0 Å². The van der Waals surface area contributed by atoms with E-state index >= 15 is 4.79 Å². The monoisotopic (exact) mass is 714 g/mol. The lowest BCUT2D eigenvalue weighted by Crippen LogP contribution is -2.65. The fourth-order valence-corrected chi connectivity index (χ4v) is 9.80. The fraction of sp³-hybridized carbons (Fsp3) is 0.474. The Morgan fingerprint density at radius 1 is 1.00 bits per heavy atom. The summed E-state index contributed by atoms with van der Waals surface area (Å²) >= 11 is 0. The van der Waals surface area contributed by atoms with Crippen molar-refractivity contribution in [2.24, 2.45) is 11.8 Å². The lowest BCUT2D eigenvalue weighted by Gasteiger charge is -2.45. The lowest BCUT2D eigenvalue weighted by molar-refractivity contribution is -0.122. The van der Waals surface area contributed by atoms with Gasteiger partial charge in [0.05, 0.1) is 36.1 Å². The number of carbonyl (C=O) groups excluding carboxylic acids is 2. The maximum atomic E-state index is 15.5. The Morgan fingerprint density at radius 2 is 1.69 bits per heavy atom. The summed E-state index contributed by atoms with van der Waals surface area (Å²) in [6.45, 7) is 10.5. The SMILES string of the molecule is CCOc1ccccc1S(=O)(=O)N1C(=O)[C@](c2cccnc2OCC)(C(C)(C)NC(=O)N2CCC(C3CCNCC3)CC2)c2cc(C#N)ccc21. The van der Waals surface area contributed by atoms with Crippen LogP contribution in [0.1, 0.15) is 70.1 Å². The first-order chi connectivity index (χ1) is 24.5. The molecule has 3 amide bonds. The number of nitrogens with one attached hydrogen (secondary N) is 2. The number of rotatable bonds is 10. The van der Waals surface area contributed by atoms with Gasteiger partial charge in [-0.1, -0.05) is 18.2 Å². The summed E-state index contributed by atoms with van der Waals surface area (Å²) in [5, 5.41) is 16.6. The van der Waals surface area contributed by atoms with E-state index in [1.54, 1.807) is 56.9 Å². The van der Waals surface area contributed by atoms with Crippen LogP contribution in [0.5, 0.6) is 11.6 Å². The molecule has 6 rings (SSSR count). The summed E-state index contributed by atoms with van der Waals surface area (Å²) in [6, 6.07) is 15.7. The minimum Gasteiger partial charge on any atom is -0.492 e. The van der Waals surface area contributed by atoms with E-state index in [4.69, 9.17) is 9.47 Å². The van der Waals surface area contributed by atoms with E-state index in [9.17, 15) is 18.5 Å². The number of urea groups is 1. The van der Waals surface area contributed by atoms with Gasteiger partial charge in [-0.2, -0.15) is 5.26 Å². The molecule has 1 atom stereocenters. The van der Waals surface area contributed by atoms with Crippen molar-refractivity contribution in [2.45, 2.75) is 69.2 Å². The first kappa shape index (κ1) is 36.1. The Bertz CT molecular complexity index is 1930. The van der Waals surface area contributed by atoms with Crippen LogP contribution in [0.2, 0.25) is 0 Å². The zero-order chi connectivity index (χ0) is 36.4. The third-order valence-corrected chi connectivity index (χ3v) is 12.3. The summed E-state index contributed by atoms with van der Waals surface area (Å²) in [5.74, 6) is 0.549.